The molecule has 3 aromatic rings. The van der Waals surface area contributed by atoms with Gasteiger partial charge in [0.05, 0.1) is 29.0 Å². The van der Waals surface area contributed by atoms with E-state index in [0.29, 0.717) is 27.9 Å². The van der Waals surface area contributed by atoms with E-state index in [4.69, 9.17) is 4.74 Å². The molecule has 1 atom stereocenters. The summed E-state index contributed by atoms with van der Waals surface area (Å²) >= 11 is 0. The lowest BCUT2D eigenvalue weighted by Gasteiger charge is -2.31. The van der Waals surface area contributed by atoms with Gasteiger partial charge in [-0.3, -0.25) is 9.59 Å². The van der Waals surface area contributed by atoms with E-state index in [1.807, 2.05) is 0 Å². The second kappa shape index (κ2) is 5.32. The molecule has 8 heteroatoms. The van der Waals surface area contributed by atoms with Crippen molar-refractivity contribution in [3.8, 4) is 17.1 Å². The third kappa shape index (κ3) is 1.95. The number of cyclic esters (lactones) is 1. The molecule has 0 unspecified atom stereocenters. The Morgan fingerprint density at radius 1 is 1.21 bits per heavy atom. The van der Waals surface area contributed by atoms with Crippen molar-refractivity contribution in [1.29, 1.82) is 0 Å². The Bertz CT molecular complexity index is 1320. The summed E-state index contributed by atoms with van der Waals surface area (Å²) in [4.78, 5) is 41.3. The first kappa shape index (κ1) is 16.8. The number of phenols is 1. The summed E-state index contributed by atoms with van der Waals surface area (Å²) in [7, 11) is 0. The van der Waals surface area contributed by atoms with Gasteiger partial charge in [0.15, 0.2) is 11.0 Å². The number of rotatable bonds is 1. The Kier molecular flexibility index (Phi) is 3.19. The molecule has 0 radical (unpaired) electrons. The predicted molar refractivity (Wildman–Crippen MR) is 99.0 cm³/mol. The number of nitrogens with zero attached hydrogens (tertiary/aromatic N) is 1. The van der Waals surface area contributed by atoms with Gasteiger partial charge in [-0.1, -0.05) is 6.92 Å². The lowest BCUT2D eigenvalue weighted by Crippen LogP contribution is -2.44. The third-order valence-electron chi connectivity index (χ3n) is 5.70. The number of benzene rings is 1. The fourth-order valence-electron chi connectivity index (χ4n) is 4.11. The van der Waals surface area contributed by atoms with Gasteiger partial charge in [-0.05, 0) is 30.7 Å². The second-order valence-corrected chi connectivity index (χ2v) is 7.14. The highest BCUT2D eigenvalue weighted by atomic mass is 16.6. The Hall–Kier alpha value is -3.39. The molecule has 2 aromatic heterocycles. The van der Waals surface area contributed by atoms with Gasteiger partial charge >= 0.3 is 5.97 Å². The minimum absolute atomic E-state index is 0.0234. The SMILES string of the molecule is CC[C@@]1(O)C(=O)OCc2c1cc1n(c2=O)Cc2c-1[nH]c1ccc(O)cc1c2=O. The van der Waals surface area contributed by atoms with Crippen LogP contribution in [0, 0.1) is 0 Å². The number of hydrogen-bond donors (Lipinski definition) is 3. The van der Waals surface area contributed by atoms with Gasteiger partial charge in [-0.2, -0.15) is 0 Å². The van der Waals surface area contributed by atoms with E-state index in [1.165, 1.54) is 16.7 Å². The average molecular weight is 380 g/mol. The van der Waals surface area contributed by atoms with Crippen LogP contribution >= 0.6 is 0 Å². The van der Waals surface area contributed by atoms with Gasteiger partial charge in [0.1, 0.15) is 12.4 Å². The number of aromatic nitrogens is 2. The number of aromatic amines is 1. The monoisotopic (exact) mass is 380 g/mol. The van der Waals surface area contributed by atoms with Crippen LogP contribution in [0.25, 0.3) is 22.3 Å². The maximum absolute atomic E-state index is 13.0. The van der Waals surface area contributed by atoms with E-state index in [9.17, 15) is 24.6 Å². The van der Waals surface area contributed by atoms with Crippen molar-refractivity contribution in [2.75, 3.05) is 0 Å². The molecule has 4 heterocycles. The highest BCUT2D eigenvalue weighted by Crippen LogP contribution is 2.37. The highest BCUT2D eigenvalue weighted by Gasteiger charge is 2.45. The molecule has 0 amide bonds. The van der Waals surface area contributed by atoms with Gasteiger partial charge in [-0.25, -0.2) is 4.79 Å². The number of carbonyl (C=O) groups is 1. The first-order valence-electron chi connectivity index (χ1n) is 8.90. The maximum atomic E-state index is 13.0. The minimum Gasteiger partial charge on any atom is -0.508 e. The normalized spacial score (nSPS) is 19.9. The summed E-state index contributed by atoms with van der Waals surface area (Å²) in [6.45, 7) is 1.49. The zero-order valence-electron chi connectivity index (χ0n) is 14.9. The number of ether oxygens (including phenoxy) is 1. The molecule has 8 nitrogen and oxygen atoms in total. The molecule has 2 aliphatic rings. The smallest absolute Gasteiger partial charge is 0.343 e. The summed E-state index contributed by atoms with van der Waals surface area (Å²) in [5.41, 5.74) is -0.310. The van der Waals surface area contributed by atoms with E-state index < -0.39 is 17.1 Å². The standard InChI is InChI=1S/C20H16N2O6/c1-2-20(27)13-6-15-16-11(7-22(15)18(25)12(13)8-28-19(20)26)17(24)10-5-9(23)3-4-14(10)21-16/h3-6,23,27H,2,7-8H2,1H3,(H,21,24)/t20-/m0/s1. The van der Waals surface area contributed by atoms with Gasteiger partial charge < -0.3 is 24.5 Å². The first-order chi connectivity index (χ1) is 13.3. The largest absolute Gasteiger partial charge is 0.508 e. The van der Waals surface area contributed by atoms with Crippen molar-refractivity contribution >= 4 is 16.9 Å². The molecule has 2 aliphatic heterocycles. The molecule has 0 saturated heterocycles. The van der Waals surface area contributed by atoms with Gasteiger partial charge in [-0.15, -0.1) is 0 Å². The van der Waals surface area contributed by atoms with Crippen molar-refractivity contribution in [1.82, 2.24) is 9.55 Å². The van der Waals surface area contributed by atoms with Crippen LogP contribution in [0.1, 0.15) is 30.0 Å². The minimum atomic E-state index is -1.89. The van der Waals surface area contributed by atoms with Crippen LogP contribution in [0.2, 0.25) is 0 Å². The van der Waals surface area contributed by atoms with Crippen molar-refractivity contribution < 1.29 is 19.7 Å². The van der Waals surface area contributed by atoms with E-state index in [0.717, 1.165) is 0 Å². The van der Waals surface area contributed by atoms with Gasteiger partial charge in [0.2, 0.25) is 0 Å². The number of aromatic hydroxyl groups is 1. The van der Waals surface area contributed by atoms with E-state index >= 15 is 0 Å². The maximum Gasteiger partial charge on any atom is 0.343 e. The quantitative estimate of drug-likeness (QED) is 0.425. The number of pyridine rings is 2. The van der Waals surface area contributed by atoms with Crippen molar-refractivity contribution in [2.45, 2.75) is 32.1 Å². The molecular weight excluding hydrogens is 364 g/mol. The summed E-state index contributed by atoms with van der Waals surface area (Å²) in [6.07, 6.45) is 0.0576. The molecule has 5 rings (SSSR count). The number of aliphatic hydroxyl groups is 1. The number of esters is 1. The molecule has 1 aromatic carbocycles. The zero-order chi connectivity index (χ0) is 19.8. The molecule has 3 N–H and O–H groups in total. The van der Waals surface area contributed by atoms with Crippen LogP contribution in [0.5, 0.6) is 5.75 Å². The van der Waals surface area contributed by atoms with Crippen LogP contribution < -0.4 is 11.0 Å². The highest BCUT2D eigenvalue weighted by molar-refractivity contribution is 5.86. The predicted octanol–water partition coefficient (Wildman–Crippen LogP) is 1.08. The Labute approximate surface area is 157 Å². The Balaban J connectivity index is 1.84. The topological polar surface area (TPSA) is 122 Å². The molecule has 28 heavy (non-hydrogen) atoms. The van der Waals surface area contributed by atoms with Crippen LogP contribution in [-0.4, -0.2) is 25.7 Å². The Morgan fingerprint density at radius 3 is 2.75 bits per heavy atom. The first-order valence-corrected chi connectivity index (χ1v) is 8.90. The van der Waals surface area contributed by atoms with Crippen LogP contribution in [-0.2, 0) is 28.3 Å². The lowest BCUT2D eigenvalue weighted by atomic mass is 9.86. The number of fused-ring (bicyclic) bond motifs is 5. The van der Waals surface area contributed by atoms with E-state index in [1.54, 1.807) is 19.1 Å². The van der Waals surface area contributed by atoms with Crippen LogP contribution in [0.15, 0.2) is 33.9 Å². The van der Waals surface area contributed by atoms with Gasteiger partial charge in [0.25, 0.3) is 5.56 Å². The number of hydrogen-bond acceptors (Lipinski definition) is 6. The fourth-order valence-corrected chi connectivity index (χ4v) is 4.11. The number of carbonyl (C=O) groups excluding carboxylic acids is 1. The molecule has 0 bridgehead atoms. The van der Waals surface area contributed by atoms with Crippen molar-refractivity contribution in [2.24, 2.45) is 0 Å². The summed E-state index contributed by atoms with van der Waals surface area (Å²) < 4.78 is 6.47. The van der Waals surface area contributed by atoms with E-state index in [2.05, 4.69) is 4.98 Å². The van der Waals surface area contributed by atoms with Crippen molar-refractivity contribution in [3.05, 3.63) is 61.5 Å². The number of phenolic OH excluding ortho intramolecular Hbond substituents is 1. The van der Waals surface area contributed by atoms with Gasteiger partial charge in [0, 0.05) is 16.5 Å². The molecule has 142 valence electrons. The molecule has 0 saturated carbocycles. The molecule has 0 aliphatic carbocycles. The number of nitrogens with one attached hydrogen (secondary N) is 1. The summed E-state index contributed by atoms with van der Waals surface area (Å²) in [5.74, 6) is -0.808. The van der Waals surface area contributed by atoms with E-state index in [-0.39, 0.29) is 41.9 Å². The molecular formula is C20H16N2O6. The van der Waals surface area contributed by atoms with Crippen LogP contribution in [0.3, 0.4) is 0 Å². The number of H-pyrrole nitrogens is 1. The third-order valence-corrected chi connectivity index (χ3v) is 5.70. The second-order valence-electron chi connectivity index (χ2n) is 7.14. The average Bonchev–Trinajstić information content (AvgIpc) is 3.05. The molecule has 0 fully saturated rings. The molecule has 0 spiro atoms. The van der Waals surface area contributed by atoms with Crippen LogP contribution in [0.4, 0.5) is 0 Å². The zero-order valence-corrected chi connectivity index (χ0v) is 14.9. The fraction of sp³-hybridized carbons (Fsp3) is 0.250. The summed E-state index contributed by atoms with van der Waals surface area (Å²) in [6, 6.07) is 6.03. The van der Waals surface area contributed by atoms with Crippen molar-refractivity contribution in [3.63, 3.8) is 0 Å². The summed E-state index contributed by atoms with van der Waals surface area (Å²) in [5, 5.41) is 20.9. The lowest BCUT2D eigenvalue weighted by molar-refractivity contribution is -0.172. The Morgan fingerprint density at radius 2 is 2.00 bits per heavy atom.